The molecular formula is C27H28N4O4. The lowest BCUT2D eigenvalue weighted by Crippen LogP contribution is -2.36. The summed E-state index contributed by atoms with van der Waals surface area (Å²) in [5.41, 5.74) is 3.31. The van der Waals surface area contributed by atoms with Crippen molar-refractivity contribution in [2.75, 3.05) is 13.7 Å². The Hall–Kier alpha value is -4.20. The van der Waals surface area contributed by atoms with Crippen molar-refractivity contribution in [2.45, 2.75) is 33.4 Å². The number of nitrogens with zero attached hydrogens (tertiary/aromatic N) is 3. The van der Waals surface area contributed by atoms with Gasteiger partial charge in [-0.1, -0.05) is 30.3 Å². The second kappa shape index (κ2) is 10.4. The van der Waals surface area contributed by atoms with E-state index in [0.29, 0.717) is 23.6 Å². The van der Waals surface area contributed by atoms with E-state index in [2.05, 4.69) is 15.4 Å². The number of benzene rings is 2. The van der Waals surface area contributed by atoms with Crippen LogP contribution in [0.5, 0.6) is 5.75 Å². The smallest absolute Gasteiger partial charge is 0.333 e. The maximum Gasteiger partial charge on any atom is 0.333 e. The van der Waals surface area contributed by atoms with Gasteiger partial charge in [0.1, 0.15) is 11.4 Å². The number of aromatic nitrogens is 3. The second-order valence-electron chi connectivity index (χ2n) is 8.17. The fraction of sp³-hybridized carbons (Fsp3) is 0.259. The highest BCUT2D eigenvalue weighted by Gasteiger charge is 2.31. The molecule has 0 aliphatic carbocycles. The molecule has 4 aromatic rings. The maximum absolute atomic E-state index is 13.2. The standard InChI is InChI=1S/C27H28N4O4/c1-5-35-27(33)25(24-17(2)30-31(18(24)3)16-19-9-7-6-8-10-19)29-26(32)23-14-21-13-22(34-4)12-11-20(21)15-28-23/h6-15,25H,5,16H2,1-4H3,(H,29,32). The van der Waals surface area contributed by atoms with Gasteiger partial charge in [-0.05, 0) is 56.0 Å². The Balaban J connectivity index is 1.66. The van der Waals surface area contributed by atoms with Crippen molar-refractivity contribution < 1.29 is 19.1 Å². The van der Waals surface area contributed by atoms with E-state index in [1.165, 1.54) is 0 Å². The molecule has 1 N–H and O–H groups in total. The highest BCUT2D eigenvalue weighted by molar-refractivity contribution is 5.98. The molecule has 1 unspecified atom stereocenters. The van der Waals surface area contributed by atoms with Crippen LogP contribution in [0.4, 0.5) is 0 Å². The van der Waals surface area contributed by atoms with Crippen LogP contribution in [0.2, 0.25) is 0 Å². The number of ether oxygens (including phenoxy) is 2. The van der Waals surface area contributed by atoms with Crippen molar-refractivity contribution in [2.24, 2.45) is 0 Å². The van der Waals surface area contributed by atoms with E-state index in [9.17, 15) is 9.59 Å². The lowest BCUT2D eigenvalue weighted by atomic mass is 10.0. The summed E-state index contributed by atoms with van der Waals surface area (Å²) in [5, 5.41) is 9.14. The van der Waals surface area contributed by atoms with Gasteiger partial charge in [0.25, 0.3) is 5.91 Å². The quantitative estimate of drug-likeness (QED) is 0.387. The van der Waals surface area contributed by atoms with Crippen molar-refractivity contribution in [3.8, 4) is 5.75 Å². The van der Waals surface area contributed by atoms with Gasteiger partial charge in [-0.15, -0.1) is 0 Å². The van der Waals surface area contributed by atoms with E-state index < -0.39 is 17.9 Å². The van der Waals surface area contributed by atoms with Crippen LogP contribution < -0.4 is 10.1 Å². The lowest BCUT2D eigenvalue weighted by Gasteiger charge is -2.18. The third-order valence-electron chi connectivity index (χ3n) is 5.86. The van der Waals surface area contributed by atoms with Gasteiger partial charge in [0.05, 0.1) is 26.0 Å². The number of hydrogen-bond acceptors (Lipinski definition) is 6. The number of fused-ring (bicyclic) bond motifs is 1. The van der Waals surface area contributed by atoms with Crippen molar-refractivity contribution in [3.63, 3.8) is 0 Å². The van der Waals surface area contributed by atoms with Gasteiger partial charge in [-0.2, -0.15) is 5.10 Å². The van der Waals surface area contributed by atoms with Crippen molar-refractivity contribution >= 4 is 22.6 Å². The van der Waals surface area contributed by atoms with Gasteiger partial charge in [0.2, 0.25) is 0 Å². The molecule has 8 heteroatoms. The number of aryl methyl sites for hydroxylation is 1. The van der Waals surface area contributed by atoms with Gasteiger partial charge in [-0.3, -0.25) is 14.5 Å². The Morgan fingerprint density at radius 1 is 1.06 bits per heavy atom. The van der Waals surface area contributed by atoms with E-state index in [1.807, 2.05) is 67.1 Å². The first kappa shape index (κ1) is 23.9. The molecule has 0 spiro atoms. The molecule has 180 valence electrons. The van der Waals surface area contributed by atoms with Crippen LogP contribution in [0.25, 0.3) is 10.8 Å². The van der Waals surface area contributed by atoms with Crippen LogP contribution >= 0.6 is 0 Å². The minimum atomic E-state index is -1.02. The zero-order valence-corrected chi connectivity index (χ0v) is 20.2. The summed E-state index contributed by atoms with van der Waals surface area (Å²) in [6.45, 7) is 6.17. The number of carbonyl (C=O) groups is 2. The van der Waals surface area contributed by atoms with Gasteiger partial charge in [0.15, 0.2) is 6.04 Å². The Kier molecular flexibility index (Phi) is 7.10. The first-order chi connectivity index (χ1) is 16.9. The molecule has 0 fully saturated rings. The SMILES string of the molecule is CCOC(=O)C(NC(=O)c1cc2cc(OC)ccc2cn1)c1c(C)nn(Cc2ccccc2)c1C. The summed E-state index contributed by atoms with van der Waals surface area (Å²) >= 11 is 0. The summed E-state index contributed by atoms with van der Waals surface area (Å²) in [4.78, 5) is 30.5. The molecule has 0 saturated carbocycles. The third-order valence-corrected chi connectivity index (χ3v) is 5.86. The van der Waals surface area contributed by atoms with Crippen LogP contribution in [0.1, 0.15) is 46.0 Å². The number of esters is 1. The van der Waals surface area contributed by atoms with Crippen LogP contribution in [0, 0.1) is 13.8 Å². The van der Waals surface area contributed by atoms with Crippen LogP contribution in [0.3, 0.4) is 0 Å². The van der Waals surface area contributed by atoms with E-state index in [4.69, 9.17) is 9.47 Å². The summed E-state index contributed by atoms with van der Waals surface area (Å²) in [5.74, 6) is -0.354. The van der Waals surface area contributed by atoms with E-state index >= 15 is 0 Å². The molecule has 1 atom stereocenters. The Morgan fingerprint density at radius 2 is 1.83 bits per heavy atom. The van der Waals surface area contributed by atoms with Crippen molar-refractivity contribution in [1.82, 2.24) is 20.1 Å². The lowest BCUT2D eigenvalue weighted by molar-refractivity contribution is -0.145. The molecule has 8 nitrogen and oxygen atoms in total. The Morgan fingerprint density at radius 3 is 2.54 bits per heavy atom. The normalized spacial score (nSPS) is 11.8. The fourth-order valence-corrected chi connectivity index (χ4v) is 4.09. The average Bonchev–Trinajstić information content (AvgIpc) is 3.14. The van der Waals surface area contributed by atoms with Crippen LogP contribution in [-0.4, -0.2) is 40.4 Å². The predicted molar refractivity (Wildman–Crippen MR) is 132 cm³/mol. The summed E-state index contributed by atoms with van der Waals surface area (Å²) < 4.78 is 12.4. The fourth-order valence-electron chi connectivity index (χ4n) is 4.09. The second-order valence-corrected chi connectivity index (χ2v) is 8.17. The summed E-state index contributed by atoms with van der Waals surface area (Å²) in [6, 6.07) is 16.1. The number of methoxy groups -OCH3 is 1. The van der Waals surface area contributed by atoms with Gasteiger partial charge < -0.3 is 14.8 Å². The van der Waals surface area contributed by atoms with Crippen LogP contribution in [0.15, 0.2) is 60.8 Å². The highest BCUT2D eigenvalue weighted by Crippen LogP contribution is 2.25. The van der Waals surface area contributed by atoms with E-state index in [-0.39, 0.29) is 12.3 Å². The molecule has 0 saturated heterocycles. The number of hydrogen-bond donors (Lipinski definition) is 1. The van der Waals surface area contributed by atoms with Crippen molar-refractivity contribution in [1.29, 1.82) is 0 Å². The maximum atomic E-state index is 13.2. The highest BCUT2D eigenvalue weighted by atomic mass is 16.5. The Labute approximate surface area is 203 Å². The molecule has 2 aromatic carbocycles. The molecule has 2 aromatic heterocycles. The number of nitrogens with one attached hydrogen (secondary N) is 1. The first-order valence-electron chi connectivity index (χ1n) is 11.4. The first-order valence-corrected chi connectivity index (χ1v) is 11.4. The summed E-state index contributed by atoms with van der Waals surface area (Å²) in [6.07, 6.45) is 1.62. The minimum Gasteiger partial charge on any atom is -0.497 e. The molecule has 1 amide bonds. The zero-order valence-electron chi connectivity index (χ0n) is 20.2. The number of rotatable bonds is 8. The van der Waals surface area contributed by atoms with Gasteiger partial charge in [0, 0.05) is 22.8 Å². The minimum absolute atomic E-state index is 0.187. The van der Waals surface area contributed by atoms with E-state index in [0.717, 1.165) is 22.0 Å². The largest absolute Gasteiger partial charge is 0.497 e. The molecule has 2 heterocycles. The van der Waals surface area contributed by atoms with Crippen molar-refractivity contribution in [3.05, 3.63) is 89.0 Å². The summed E-state index contributed by atoms with van der Waals surface area (Å²) in [7, 11) is 1.59. The molecule has 0 aliphatic heterocycles. The number of carbonyl (C=O) groups excluding carboxylic acids is 2. The number of pyridine rings is 1. The molecule has 35 heavy (non-hydrogen) atoms. The molecular weight excluding hydrogens is 444 g/mol. The number of amides is 1. The van der Waals surface area contributed by atoms with Gasteiger partial charge in [-0.25, -0.2) is 4.79 Å². The Bertz CT molecular complexity index is 1360. The van der Waals surface area contributed by atoms with E-state index in [1.54, 1.807) is 26.3 Å². The molecule has 0 radical (unpaired) electrons. The molecule has 0 bridgehead atoms. The molecule has 4 rings (SSSR count). The average molecular weight is 473 g/mol. The predicted octanol–water partition coefficient (Wildman–Crippen LogP) is 4.14. The van der Waals surface area contributed by atoms with Gasteiger partial charge >= 0.3 is 5.97 Å². The third kappa shape index (κ3) is 5.16. The van der Waals surface area contributed by atoms with Crippen LogP contribution in [-0.2, 0) is 16.1 Å². The molecule has 0 aliphatic rings. The zero-order chi connectivity index (χ0) is 24.9. The topological polar surface area (TPSA) is 95.3 Å². The monoisotopic (exact) mass is 472 g/mol.